The number of rotatable bonds is 3. The zero-order chi connectivity index (χ0) is 14.4. The Kier molecular flexibility index (Phi) is 3.02. The van der Waals surface area contributed by atoms with Gasteiger partial charge < -0.3 is 10.3 Å². The van der Waals surface area contributed by atoms with Crippen molar-refractivity contribution in [3.8, 4) is 0 Å². The Bertz CT molecular complexity index is 720. The van der Waals surface area contributed by atoms with Gasteiger partial charge in [-0.3, -0.25) is 4.79 Å². The highest BCUT2D eigenvalue weighted by Gasteiger charge is 2.41. The number of anilines is 1. The molecule has 0 amide bonds. The smallest absolute Gasteiger partial charge is 0.257 e. The van der Waals surface area contributed by atoms with Crippen molar-refractivity contribution in [3.63, 3.8) is 0 Å². The molecule has 3 heteroatoms. The summed E-state index contributed by atoms with van der Waals surface area (Å²) in [6, 6.07) is 10.2. The highest BCUT2D eigenvalue weighted by atomic mass is 16.1. The first-order chi connectivity index (χ1) is 10.2. The summed E-state index contributed by atoms with van der Waals surface area (Å²) in [4.78, 5) is 15.1. The summed E-state index contributed by atoms with van der Waals surface area (Å²) < 4.78 is 0. The van der Waals surface area contributed by atoms with E-state index in [0.29, 0.717) is 6.04 Å². The number of benzene rings is 1. The highest BCUT2D eigenvalue weighted by molar-refractivity contribution is 5.83. The number of aromatic amines is 1. The van der Waals surface area contributed by atoms with Gasteiger partial charge in [0.2, 0.25) is 0 Å². The molecule has 21 heavy (non-hydrogen) atoms. The summed E-state index contributed by atoms with van der Waals surface area (Å²) in [5.74, 6) is 3.47. The van der Waals surface area contributed by atoms with E-state index < -0.39 is 0 Å². The van der Waals surface area contributed by atoms with Gasteiger partial charge in [0.05, 0.1) is 0 Å². The van der Waals surface area contributed by atoms with E-state index in [9.17, 15) is 4.79 Å². The standard InChI is InChI=1S/C18H22N2O/c1-11(16-9-12-6-7-14(16)8-12)19-17-10-13-4-2-3-5-15(13)18(21)20-17/h2-5,10-12,14,16H,6-9H2,1H3,(H2,19,20,21). The summed E-state index contributed by atoms with van der Waals surface area (Å²) in [6.45, 7) is 2.26. The molecule has 4 rings (SSSR count). The Morgan fingerprint density at radius 3 is 2.86 bits per heavy atom. The SMILES string of the molecule is CC(Nc1cc2ccccc2c(=O)[nH]1)C1CC2CCC1C2. The lowest BCUT2D eigenvalue weighted by Crippen LogP contribution is -2.30. The molecule has 4 atom stereocenters. The van der Waals surface area contributed by atoms with Crippen LogP contribution in [0.5, 0.6) is 0 Å². The highest BCUT2D eigenvalue weighted by Crippen LogP contribution is 2.49. The fourth-order valence-electron chi connectivity index (χ4n) is 4.55. The fourth-order valence-corrected chi connectivity index (χ4v) is 4.55. The first kappa shape index (κ1) is 12.9. The maximum absolute atomic E-state index is 12.1. The molecule has 2 fully saturated rings. The van der Waals surface area contributed by atoms with Gasteiger partial charge in [-0.25, -0.2) is 0 Å². The van der Waals surface area contributed by atoms with Crippen LogP contribution >= 0.6 is 0 Å². The van der Waals surface area contributed by atoms with E-state index in [1.165, 1.54) is 25.7 Å². The van der Waals surface area contributed by atoms with Crippen LogP contribution in [0.25, 0.3) is 10.8 Å². The van der Waals surface area contributed by atoms with Gasteiger partial charge in [0.25, 0.3) is 5.56 Å². The quantitative estimate of drug-likeness (QED) is 0.900. The summed E-state index contributed by atoms with van der Waals surface area (Å²) >= 11 is 0. The van der Waals surface area contributed by atoms with E-state index in [1.54, 1.807) is 0 Å². The van der Waals surface area contributed by atoms with Crippen LogP contribution in [-0.2, 0) is 0 Å². The normalized spacial score (nSPS) is 28.9. The lowest BCUT2D eigenvalue weighted by molar-refractivity contribution is 0.304. The fraction of sp³-hybridized carbons (Fsp3) is 0.500. The van der Waals surface area contributed by atoms with Crippen molar-refractivity contribution in [2.75, 3.05) is 5.32 Å². The van der Waals surface area contributed by atoms with Crippen LogP contribution in [-0.4, -0.2) is 11.0 Å². The molecule has 0 aliphatic heterocycles. The topological polar surface area (TPSA) is 44.9 Å². The van der Waals surface area contributed by atoms with Crippen LogP contribution in [0.1, 0.15) is 32.6 Å². The van der Waals surface area contributed by atoms with Crippen LogP contribution in [0, 0.1) is 17.8 Å². The Hall–Kier alpha value is -1.77. The molecular weight excluding hydrogens is 260 g/mol. The lowest BCUT2D eigenvalue weighted by atomic mass is 9.84. The van der Waals surface area contributed by atoms with Crippen LogP contribution in [0.15, 0.2) is 35.1 Å². The summed E-state index contributed by atoms with van der Waals surface area (Å²) in [6.07, 6.45) is 5.61. The first-order valence-electron chi connectivity index (χ1n) is 8.09. The number of aromatic nitrogens is 1. The molecule has 0 radical (unpaired) electrons. The van der Waals surface area contributed by atoms with Crippen molar-refractivity contribution < 1.29 is 0 Å². The van der Waals surface area contributed by atoms with E-state index in [2.05, 4.69) is 23.3 Å². The molecule has 4 unspecified atom stereocenters. The molecule has 1 heterocycles. The van der Waals surface area contributed by atoms with Crippen LogP contribution < -0.4 is 10.9 Å². The van der Waals surface area contributed by atoms with Crippen LogP contribution in [0.4, 0.5) is 5.82 Å². The van der Waals surface area contributed by atoms with Crippen molar-refractivity contribution in [2.45, 2.75) is 38.6 Å². The van der Waals surface area contributed by atoms with Gasteiger partial charge in [-0.1, -0.05) is 24.6 Å². The van der Waals surface area contributed by atoms with Crippen LogP contribution in [0.3, 0.4) is 0 Å². The van der Waals surface area contributed by atoms with Gasteiger partial charge >= 0.3 is 0 Å². The molecule has 2 bridgehead atoms. The minimum absolute atomic E-state index is 0.00394. The number of H-pyrrole nitrogens is 1. The average Bonchev–Trinajstić information content (AvgIpc) is 3.10. The monoisotopic (exact) mass is 282 g/mol. The first-order valence-corrected chi connectivity index (χ1v) is 8.09. The molecule has 2 N–H and O–H groups in total. The molecule has 3 nitrogen and oxygen atoms in total. The summed E-state index contributed by atoms with van der Waals surface area (Å²) in [5, 5.41) is 5.31. The third-order valence-electron chi connectivity index (χ3n) is 5.57. The predicted octanol–water partition coefficient (Wildman–Crippen LogP) is 3.76. The molecule has 2 aliphatic rings. The molecule has 2 aromatic rings. The Morgan fingerprint density at radius 2 is 2.10 bits per heavy atom. The van der Waals surface area contributed by atoms with Crippen molar-refractivity contribution in [1.29, 1.82) is 0 Å². The number of hydrogen-bond donors (Lipinski definition) is 2. The minimum Gasteiger partial charge on any atom is -0.369 e. The number of hydrogen-bond acceptors (Lipinski definition) is 2. The van der Waals surface area contributed by atoms with Gasteiger partial charge in [0, 0.05) is 11.4 Å². The molecule has 1 aromatic carbocycles. The Balaban J connectivity index is 1.58. The van der Waals surface area contributed by atoms with Crippen molar-refractivity contribution in [3.05, 3.63) is 40.7 Å². The van der Waals surface area contributed by atoms with E-state index in [-0.39, 0.29) is 5.56 Å². The maximum atomic E-state index is 12.1. The van der Waals surface area contributed by atoms with Gasteiger partial charge in [-0.05, 0) is 61.5 Å². The maximum Gasteiger partial charge on any atom is 0.257 e. The van der Waals surface area contributed by atoms with E-state index in [1.807, 2.05) is 24.3 Å². The van der Waals surface area contributed by atoms with Gasteiger partial charge in [-0.2, -0.15) is 0 Å². The second-order valence-corrected chi connectivity index (χ2v) is 6.87. The lowest BCUT2D eigenvalue weighted by Gasteiger charge is -2.29. The van der Waals surface area contributed by atoms with Crippen molar-refractivity contribution >= 4 is 16.6 Å². The van der Waals surface area contributed by atoms with Gasteiger partial charge in [0.15, 0.2) is 0 Å². The predicted molar refractivity (Wildman–Crippen MR) is 86.6 cm³/mol. The molecule has 0 spiro atoms. The van der Waals surface area contributed by atoms with Crippen molar-refractivity contribution in [1.82, 2.24) is 4.98 Å². The van der Waals surface area contributed by atoms with Gasteiger partial charge in [-0.15, -0.1) is 0 Å². The van der Waals surface area contributed by atoms with E-state index in [4.69, 9.17) is 0 Å². The molecule has 1 aromatic heterocycles. The second-order valence-electron chi connectivity index (χ2n) is 6.87. The third-order valence-corrected chi connectivity index (χ3v) is 5.57. The Labute approximate surface area is 124 Å². The molecule has 0 saturated heterocycles. The van der Waals surface area contributed by atoms with Crippen LogP contribution in [0.2, 0.25) is 0 Å². The van der Waals surface area contributed by atoms with E-state index in [0.717, 1.165) is 34.3 Å². The molecule has 2 aliphatic carbocycles. The molecular formula is C18H22N2O. The minimum atomic E-state index is -0.00394. The number of nitrogens with one attached hydrogen (secondary N) is 2. The summed E-state index contributed by atoms with van der Waals surface area (Å²) in [5.41, 5.74) is -0.00394. The molecule has 2 saturated carbocycles. The van der Waals surface area contributed by atoms with Crippen molar-refractivity contribution in [2.24, 2.45) is 17.8 Å². The largest absolute Gasteiger partial charge is 0.369 e. The number of pyridine rings is 1. The van der Waals surface area contributed by atoms with Gasteiger partial charge in [0.1, 0.15) is 5.82 Å². The third kappa shape index (κ3) is 2.25. The second kappa shape index (κ2) is 4.90. The Morgan fingerprint density at radius 1 is 1.24 bits per heavy atom. The average molecular weight is 282 g/mol. The zero-order valence-corrected chi connectivity index (χ0v) is 12.4. The number of fused-ring (bicyclic) bond motifs is 3. The van der Waals surface area contributed by atoms with E-state index >= 15 is 0 Å². The zero-order valence-electron chi connectivity index (χ0n) is 12.4. The molecule has 110 valence electrons. The summed E-state index contributed by atoms with van der Waals surface area (Å²) in [7, 11) is 0.